The van der Waals surface area contributed by atoms with E-state index >= 15 is 0 Å². The topological polar surface area (TPSA) is 66.6 Å². The fourth-order valence-electron chi connectivity index (χ4n) is 1.55. The van der Waals surface area contributed by atoms with Gasteiger partial charge in [-0.05, 0) is 13.8 Å². The zero-order valence-corrected chi connectivity index (χ0v) is 8.20. The number of imide groups is 1. The Morgan fingerprint density at radius 1 is 1.46 bits per heavy atom. The fourth-order valence-corrected chi connectivity index (χ4v) is 1.55. The Hall–Kier alpha value is -1.10. The van der Waals surface area contributed by atoms with E-state index in [-0.39, 0.29) is 18.6 Å². The lowest BCUT2D eigenvalue weighted by Crippen LogP contribution is -2.60. The van der Waals surface area contributed by atoms with E-state index in [1.165, 1.54) is 4.90 Å². The van der Waals surface area contributed by atoms with Crippen LogP contribution in [0.3, 0.4) is 0 Å². The summed E-state index contributed by atoms with van der Waals surface area (Å²) in [5.41, 5.74) is 4.80. The van der Waals surface area contributed by atoms with Crippen LogP contribution >= 0.6 is 0 Å². The van der Waals surface area contributed by atoms with Crippen LogP contribution in [0.2, 0.25) is 0 Å². The van der Waals surface area contributed by atoms with Gasteiger partial charge in [0.1, 0.15) is 0 Å². The van der Waals surface area contributed by atoms with Crippen LogP contribution < -0.4 is 5.73 Å². The van der Waals surface area contributed by atoms with E-state index in [1.54, 1.807) is 20.9 Å². The number of nitrogens with zero attached hydrogens (tertiary/aromatic N) is 2. The first kappa shape index (κ1) is 9.98. The Morgan fingerprint density at radius 3 is 2.46 bits per heavy atom. The van der Waals surface area contributed by atoms with Gasteiger partial charge >= 0.3 is 6.03 Å². The van der Waals surface area contributed by atoms with Crippen LogP contribution in [0, 0.1) is 5.41 Å². The second kappa shape index (κ2) is 2.99. The van der Waals surface area contributed by atoms with Gasteiger partial charge in [0.25, 0.3) is 0 Å². The molecule has 5 heteroatoms. The third kappa shape index (κ3) is 1.51. The molecule has 1 saturated heterocycles. The van der Waals surface area contributed by atoms with Crippen LogP contribution in [0.4, 0.5) is 4.79 Å². The summed E-state index contributed by atoms with van der Waals surface area (Å²) in [6.07, 6.45) is 0. The smallest absolute Gasteiger partial charge is 0.326 e. The van der Waals surface area contributed by atoms with E-state index < -0.39 is 5.41 Å². The molecule has 0 spiro atoms. The van der Waals surface area contributed by atoms with Crippen LogP contribution in [0.25, 0.3) is 0 Å². The minimum absolute atomic E-state index is 0.0502. The maximum absolute atomic E-state index is 11.6. The molecule has 5 nitrogen and oxygen atoms in total. The molecule has 0 aromatic heterocycles. The summed E-state index contributed by atoms with van der Waals surface area (Å²) in [4.78, 5) is 25.6. The van der Waals surface area contributed by atoms with Crippen LogP contribution in [0.15, 0.2) is 0 Å². The molecule has 0 aliphatic carbocycles. The number of nitrogens with two attached hydrogens (primary N) is 1. The molecule has 0 aromatic carbocycles. The second-order valence-corrected chi connectivity index (χ2v) is 3.94. The highest BCUT2D eigenvalue weighted by Gasteiger charge is 2.42. The number of carbonyl (C=O) groups is 2. The SMILES string of the molecule is CN1CC(C)(C)C(=O)N(CN)C1=O. The number of rotatable bonds is 1. The zero-order valence-electron chi connectivity index (χ0n) is 8.20. The molecule has 1 aliphatic rings. The van der Waals surface area contributed by atoms with Crippen molar-refractivity contribution in [3.05, 3.63) is 0 Å². The third-order valence-corrected chi connectivity index (χ3v) is 2.20. The maximum atomic E-state index is 11.6. The molecule has 0 radical (unpaired) electrons. The predicted molar refractivity (Wildman–Crippen MR) is 47.7 cm³/mol. The van der Waals surface area contributed by atoms with E-state index in [0.29, 0.717) is 6.54 Å². The second-order valence-electron chi connectivity index (χ2n) is 3.94. The maximum Gasteiger partial charge on any atom is 0.327 e. The molecule has 1 rings (SSSR count). The molecule has 13 heavy (non-hydrogen) atoms. The van der Waals surface area contributed by atoms with Crippen molar-refractivity contribution in [2.24, 2.45) is 11.1 Å². The predicted octanol–water partition coefficient (Wildman–Crippen LogP) is -0.177. The van der Waals surface area contributed by atoms with Gasteiger partial charge in [0.15, 0.2) is 0 Å². The van der Waals surface area contributed by atoms with Gasteiger partial charge in [-0.1, -0.05) is 0 Å². The van der Waals surface area contributed by atoms with Crippen molar-refractivity contribution >= 4 is 11.9 Å². The van der Waals surface area contributed by atoms with Gasteiger partial charge < -0.3 is 10.6 Å². The molecule has 0 aromatic rings. The fraction of sp³-hybridized carbons (Fsp3) is 0.750. The van der Waals surface area contributed by atoms with Gasteiger partial charge in [0.05, 0.1) is 12.1 Å². The van der Waals surface area contributed by atoms with Crippen LogP contribution in [-0.2, 0) is 4.79 Å². The van der Waals surface area contributed by atoms with Gasteiger partial charge in [-0.3, -0.25) is 9.69 Å². The van der Waals surface area contributed by atoms with E-state index in [2.05, 4.69) is 0 Å². The summed E-state index contributed by atoms with van der Waals surface area (Å²) in [5.74, 6) is -0.196. The number of amides is 3. The summed E-state index contributed by atoms with van der Waals surface area (Å²) in [6.45, 7) is 4.01. The van der Waals surface area contributed by atoms with Gasteiger partial charge in [-0.2, -0.15) is 0 Å². The van der Waals surface area contributed by atoms with Crippen molar-refractivity contribution in [2.75, 3.05) is 20.3 Å². The summed E-state index contributed by atoms with van der Waals surface area (Å²) >= 11 is 0. The lowest BCUT2D eigenvalue weighted by molar-refractivity contribution is -0.141. The van der Waals surface area contributed by atoms with E-state index in [0.717, 1.165) is 4.90 Å². The molecule has 0 saturated carbocycles. The van der Waals surface area contributed by atoms with Gasteiger partial charge in [0, 0.05) is 13.6 Å². The highest BCUT2D eigenvalue weighted by atomic mass is 16.2. The third-order valence-electron chi connectivity index (χ3n) is 2.20. The van der Waals surface area contributed by atoms with Crippen LogP contribution in [0.5, 0.6) is 0 Å². The summed E-state index contributed by atoms with van der Waals surface area (Å²) in [7, 11) is 1.67. The quantitative estimate of drug-likeness (QED) is 0.616. The van der Waals surface area contributed by atoms with Crippen molar-refractivity contribution in [2.45, 2.75) is 13.8 Å². The van der Waals surface area contributed by atoms with Crippen molar-refractivity contribution in [1.29, 1.82) is 0 Å². The molecule has 3 amide bonds. The Balaban J connectivity index is 2.95. The molecule has 1 fully saturated rings. The van der Waals surface area contributed by atoms with Crippen LogP contribution in [-0.4, -0.2) is 42.0 Å². The molecule has 1 heterocycles. The van der Waals surface area contributed by atoms with Gasteiger partial charge in [0.2, 0.25) is 5.91 Å². The summed E-state index contributed by atoms with van der Waals surface area (Å²) < 4.78 is 0. The Bertz CT molecular complexity index is 250. The molecule has 0 atom stereocenters. The molecule has 2 N–H and O–H groups in total. The average Bonchev–Trinajstić information content (AvgIpc) is 2.02. The minimum atomic E-state index is -0.526. The molecule has 1 aliphatic heterocycles. The average molecular weight is 185 g/mol. The number of urea groups is 1. The normalized spacial score (nSPS) is 22.5. The summed E-state index contributed by atoms with van der Waals surface area (Å²) in [5, 5.41) is 0. The summed E-state index contributed by atoms with van der Waals surface area (Å²) in [6, 6.07) is -0.313. The first-order valence-electron chi connectivity index (χ1n) is 4.17. The lowest BCUT2D eigenvalue weighted by Gasteiger charge is -2.40. The van der Waals surface area contributed by atoms with Crippen molar-refractivity contribution in [3.8, 4) is 0 Å². The largest absolute Gasteiger partial charge is 0.327 e. The van der Waals surface area contributed by atoms with Crippen molar-refractivity contribution in [3.63, 3.8) is 0 Å². The van der Waals surface area contributed by atoms with E-state index in [9.17, 15) is 9.59 Å². The van der Waals surface area contributed by atoms with Gasteiger partial charge in [-0.15, -0.1) is 0 Å². The monoisotopic (exact) mass is 185 g/mol. The Morgan fingerprint density at radius 2 is 2.00 bits per heavy atom. The van der Waals surface area contributed by atoms with E-state index in [4.69, 9.17) is 5.73 Å². The molecular weight excluding hydrogens is 170 g/mol. The number of hydrogen-bond acceptors (Lipinski definition) is 3. The molecule has 0 bridgehead atoms. The van der Waals surface area contributed by atoms with E-state index in [1.807, 2.05) is 0 Å². The molecule has 74 valence electrons. The van der Waals surface area contributed by atoms with Crippen molar-refractivity contribution in [1.82, 2.24) is 9.80 Å². The zero-order chi connectivity index (χ0) is 10.2. The lowest BCUT2D eigenvalue weighted by atomic mass is 9.89. The highest BCUT2D eigenvalue weighted by molar-refractivity contribution is 5.99. The highest BCUT2D eigenvalue weighted by Crippen LogP contribution is 2.25. The first-order chi connectivity index (χ1) is 5.90. The standard InChI is InChI=1S/C8H15N3O2/c1-8(2)4-10(3)7(13)11(5-9)6(8)12/h4-5,9H2,1-3H3. The number of carbonyl (C=O) groups excluding carboxylic acids is 2. The first-order valence-corrected chi connectivity index (χ1v) is 4.17. The van der Waals surface area contributed by atoms with Crippen LogP contribution in [0.1, 0.15) is 13.8 Å². The Kier molecular flexibility index (Phi) is 2.30. The van der Waals surface area contributed by atoms with Gasteiger partial charge in [-0.25, -0.2) is 4.79 Å². The molecular formula is C8H15N3O2. The number of hydrogen-bond donors (Lipinski definition) is 1. The molecule has 0 unspecified atom stereocenters. The minimum Gasteiger partial charge on any atom is -0.326 e. The van der Waals surface area contributed by atoms with Crippen molar-refractivity contribution < 1.29 is 9.59 Å². The Labute approximate surface area is 77.5 Å².